The third-order valence-corrected chi connectivity index (χ3v) is 6.04. The highest BCUT2D eigenvalue weighted by Gasteiger charge is 2.20. The summed E-state index contributed by atoms with van der Waals surface area (Å²) < 4.78 is 35.4. The molecule has 1 heterocycles. The minimum Gasteiger partial charge on any atom is -0.481 e. The lowest BCUT2D eigenvalue weighted by molar-refractivity contribution is -0.128. The van der Waals surface area contributed by atoms with Crippen molar-refractivity contribution in [1.82, 2.24) is 15.5 Å². The number of rotatable bonds is 9. The van der Waals surface area contributed by atoms with Crippen LogP contribution in [-0.2, 0) is 21.4 Å². The van der Waals surface area contributed by atoms with Gasteiger partial charge in [-0.1, -0.05) is 41.9 Å². The molecule has 3 aromatic rings. The van der Waals surface area contributed by atoms with Crippen LogP contribution in [0, 0.1) is 6.92 Å². The Labute approximate surface area is 187 Å². The molecule has 0 saturated heterocycles. The van der Waals surface area contributed by atoms with E-state index in [1.54, 1.807) is 24.3 Å². The Balaban J connectivity index is 1.58. The standard InChI is InChI=1S/C22H26N4O5S/c1-5-19(30-18-12-10-17(11-13-18)26(3)32(4,28)29)22(27)23-14-20-24-21(25-31-20)16-8-6-15(2)7-9-16/h6-13,19H,5,14H2,1-4H3,(H,23,27). The first-order chi connectivity index (χ1) is 15.2. The molecule has 0 radical (unpaired) electrons. The van der Waals surface area contributed by atoms with Crippen LogP contribution in [0.25, 0.3) is 11.4 Å². The Hall–Kier alpha value is -3.40. The minimum absolute atomic E-state index is 0.0790. The maximum atomic E-state index is 12.6. The van der Waals surface area contributed by atoms with E-state index in [1.807, 2.05) is 38.1 Å². The van der Waals surface area contributed by atoms with E-state index in [1.165, 1.54) is 7.05 Å². The third kappa shape index (κ3) is 5.85. The molecule has 0 aliphatic carbocycles. The minimum atomic E-state index is -3.35. The lowest BCUT2D eigenvalue weighted by Crippen LogP contribution is -2.37. The van der Waals surface area contributed by atoms with Gasteiger partial charge in [-0.25, -0.2) is 8.42 Å². The Morgan fingerprint density at radius 2 is 1.81 bits per heavy atom. The third-order valence-electron chi connectivity index (χ3n) is 4.83. The van der Waals surface area contributed by atoms with Crippen molar-refractivity contribution < 1.29 is 22.5 Å². The highest BCUT2D eigenvalue weighted by Crippen LogP contribution is 2.22. The van der Waals surface area contributed by atoms with E-state index >= 15 is 0 Å². The number of carbonyl (C=O) groups excluding carboxylic acids is 1. The SMILES string of the molecule is CCC(Oc1ccc(N(C)S(C)(=O)=O)cc1)C(=O)NCc1nc(-c2ccc(C)cc2)no1. The largest absolute Gasteiger partial charge is 0.481 e. The summed E-state index contributed by atoms with van der Waals surface area (Å²) in [5.41, 5.74) is 2.46. The number of hydrogen-bond acceptors (Lipinski definition) is 7. The zero-order valence-corrected chi connectivity index (χ0v) is 19.2. The Kier molecular flexibility index (Phi) is 7.14. The molecule has 0 fully saturated rings. The van der Waals surface area contributed by atoms with Crippen molar-refractivity contribution in [3.63, 3.8) is 0 Å². The number of benzene rings is 2. The van der Waals surface area contributed by atoms with E-state index in [0.717, 1.165) is 21.7 Å². The summed E-state index contributed by atoms with van der Waals surface area (Å²) in [6.45, 7) is 3.91. The van der Waals surface area contributed by atoms with Gasteiger partial charge in [0.15, 0.2) is 6.10 Å². The van der Waals surface area contributed by atoms with Gasteiger partial charge in [0.25, 0.3) is 5.91 Å². The molecule has 32 heavy (non-hydrogen) atoms. The van der Waals surface area contributed by atoms with Crippen molar-refractivity contribution in [3.05, 3.63) is 60.0 Å². The number of aryl methyl sites for hydroxylation is 1. The van der Waals surface area contributed by atoms with Gasteiger partial charge in [-0.05, 0) is 37.6 Å². The number of ether oxygens (including phenoxy) is 1. The van der Waals surface area contributed by atoms with Crippen LogP contribution in [0.15, 0.2) is 53.1 Å². The van der Waals surface area contributed by atoms with E-state index in [0.29, 0.717) is 23.7 Å². The van der Waals surface area contributed by atoms with Crippen LogP contribution in [0.3, 0.4) is 0 Å². The molecule has 0 aliphatic rings. The van der Waals surface area contributed by atoms with Gasteiger partial charge in [-0.3, -0.25) is 9.10 Å². The quantitative estimate of drug-likeness (QED) is 0.524. The molecule has 1 atom stereocenters. The van der Waals surface area contributed by atoms with Gasteiger partial charge in [0, 0.05) is 12.6 Å². The zero-order valence-electron chi connectivity index (χ0n) is 18.4. The molecule has 0 saturated carbocycles. The van der Waals surface area contributed by atoms with Gasteiger partial charge in [-0.15, -0.1) is 0 Å². The van der Waals surface area contributed by atoms with Crippen molar-refractivity contribution in [2.45, 2.75) is 32.9 Å². The fourth-order valence-electron chi connectivity index (χ4n) is 2.84. The summed E-state index contributed by atoms with van der Waals surface area (Å²) in [5, 5.41) is 6.70. The first kappa shape index (κ1) is 23.3. The first-order valence-electron chi connectivity index (χ1n) is 10.1. The second-order valence-corrected chi connectivity index (χ2v) is 9.35. The van der Waals surface area contributed by atoms with Crippen molar-refractivity contribution in [2.75, 3.05) is 17.6 Å². The second-order valence-electron chi connectivity index (χ2n) is 7.33. The van der Waals surface area contributed by atoms with Crippen LogP contribution in [0.2, 0.25) is 0 Å². The molecule has 170 valence electrons. The van der Waals surface area contributed by atoms with Gasteiger partial charge >= 0.3 is 0 Å². The number of carbonyl (C=O) groups is 1. The predicted octanol–water partition coefficient (Wildman–Crippen LogP) is 2.91. The van der Waals surface area contributed by atoms with Gasteiger partial charge in [0.1, 0.15) is 5.75 Å². The van der Waals surface area contributed by atoms with Crippen LogP contribution in [-0.4, -0.2) is 43.9 Å². The number of nitrogens with zero attached hydrogens (tertiary/aromatic N) is 3. The Bertz CT molecular complexity index is 1160. The lowest BCUT2D eigenvalue weighted by Gasteiger charge is -2.19. The van der Waals surface area contributed by atoms with E-state index in [-0.39, 0.29) is 18.3 Å². The normalized spacial score (nSPS) is 12.2. The lowest BCUT2D eigenvalue weighted by atomic mass is 10.1. The topological polar surface area (TPSA) is 115 Å². The number of amides is 1. The van der Waals surface area contributed by atoms with Crippen molar-refractivity contribution >= 4 is 21.6 Å². The highest BCUT2D eigenvalue weighted by atomic mass is 32.2. The van der Waals surface area contributed by atoms with E-state index in [2.05, 4.69) is 15.5 Å². The summed E-state index contributed by atoms with van der Waals surface area (Å²) in [7, 11) is -1.89. The van der Waals surface area contributed by atoms with Crippen LogP contribution in [0.1, 0.15) is 24.8 Å². The van der Waals surface area contributed by atoms with E-state index in [4.69, 9.17) is 9.26 Å². The summed E-state index contributed by atoms with van der Waals surface area (Å²) in [5.74, 6) is 0.880. The number of aromatic nitrogens is 2. The molecule has 1 amide bonds. The number of hydrogen-bond donors (Lipinski definition) is 1. The van der Waals surface area contributed by atoms with Gasteiger partial charge in [0.2, 0.25) is 21.7 Å². The first-order valence-corrected chi connectivity index (χ1v) is 11.9. The Morgan fingerprint density at radius 1 is 1.16 bits per heavy atom. The van der Waals surface area contributed by atoms with Crippen LogP contribution in [0.4, 0.5) is 5.69 Å². The summed E-state index contributed by atoms with van der Waals surface area (Å²) in [6.07, 6.45) is 0.838. The average molecular weight is 459 g/mol. The molecular weight excluding hydrogens is 432 g/mol. The molecule has 0 spiro atoms. The fourth-order valence-corrected chi connectivity index (χ4v) is 3.34. The molecule has 3 rings (SSSR count). The summed E-state index contributed by atoms with van der Waals surface area (Å²) in [6, 6.07) is 14.2. The molecular formula is C22H26N4O5S. The zero-order chi connectivity index (χ0) is 23.3. The maximum absolute atomic E-state index is 12.6. The van der Waals surface area contributed by atoms with Crippen LogP contribution < -0.4 is 14.4 Å². The van der Waals surface area contributed by atoms with Gasteiger partial charge < -0.3 is 14.6 Å². The molecule has 1 N–H and O–H groups in total. The maximum Gasteiger partial charge on any atom is 0.261 e. The van der Waals surface area contributed by atoms with Gasteiger partial charge in [-0.2, -0.15) is 4.98 Å². The summed E-state index contributed by atoms with van der Waals surface area (Å²) in [4.78, 5) is 16.9. The predicted molar refractivity (Wildman–Crippen MR) is 121 cm³/mol. The van der Waals surface area contributed by atoms with Crippen LogP contribution in [0.5, 0.6) is 5.75 Å². The van der Waals surface area contributed by atoms with Crippen LogP contribution >= 0.6 is 0 Å². The average Bonchev–Trinajstić information content (AvgIpc) is 3.24. The number of nitrogens with one attached hydrogen (secondary N) is 1. The fraction of sp³-hybridized carbons (Fsp3) is 0.318. The summed E-state index contributed by atoms with van der Waals surface area (Å²) >= 11 is 0. The molecule has 1 aromatic heterocycles. The number of sulfonamides is 1. The number of anilines is 1. The monoisotopic (exact) mass is 458 g/mol. The Morgan fingerprint density at radius 3 is 2.41 bits per heavy atom. The van der Waals surface area contributed by atoms with Gasteiger partial charge in [0.05, 0.1) is 18.5 Å². The molecule has 1 unspecified atom stereocenters. The smallest absolute Gasteiger partial charge is 0.261 e. The molecule has 0 aliphatic heterocycles. The van der Waals surface area contributed by atoms with E-state index in [9.17, 15) is 13.2 Å². The highest BCUT2D eigenvalue weighted by molar-refractivity contribution is 7.92. The van der Waals surface area contributed by atoms with E-state index < -0.39 is 16.1 Å². The molecule has 10 heteroatoms. The molecule has 9 nitrogen and oxygen atoms in total. The van der Waals surface area contributed by atoms with Crippen molar-refractivity contribution in [3.8, 4) is 17.1 Å². The van der Waals surface area contributed by atoms with Crippen molar-refractivity contribution in [1.29, 1.82) is 0 Å². The molecule has 0 bridgehead atoms. The second kappa shape index (κ2) is 9.82. The van der Waals surface area contributed by atoms with Crippen molar-refractivity contribution in [2.24, 2.45) is 0 Å². The molecule has 2 aromatic carbocycles.